The van der Waals surface area contributed by atoms with E-state index in [-0.39, 0.29) is 25.5 Å². The molecule has 0 saturated carbocycles. The minimum Gasteiger partial charge on any atom is -0.497 e. The van der Waals surface area contributed by atoms with E-state index in [1.165, 1.54) is 0 Å². The highest BCUT2D eigenvalue weighted by Gasteiger charge is 2.06. The summed E-state index contributed by atoms with van der Waals surface area (Å²) in [4.78, 5) is 14.1. The second-order valence-corrected chi connectivity index (χ2v) is 3.11. The molecule has 5 nitrogen and oxygen atoms in total. The van der Waals surface area contributed by atoms with Gasteiger partial charge in [0.25, 0.3) is 0 Å². The number of diazo groups is 1. The number of hydrogen-bond acceptors (Lipinski definition) is 4. The van der Waals surface area contributed by atoms with Crippen LogP contribution in [0.1, 0.15) is 5.56 Å². The van der Waals surface area contributed by atoms with E-state index in [9.17, 15) is 4.79 Å². The molecule has 5 heteroatoms. The number of carbonyl (C=O) groups excluding carboxylic acids is 1. The zero-order valence-corrected chi connectivity index (χ0v) is 9.05. The van der Waals surface area contributed by atoms with Gasteiger partial charge in [-0.05, 0) is 17.7 Å². The van der Waals surface area contributed by atoms with Gasteiger partial charge in [-0.25, -0.2) is 0 Å². The molecule has 0 spiro atoms. The van der Waals surface area contributed by atoms with Gasteiger partial charge in [-0.1, -0.05) is 12.1 Å². The normalized spacial score (nSPS) is 9.25. The van der Waals surface area contributed by atoms with E-state index >= 15 is 0 Å². The second-order valence-electron chi connectivity index (χ2n) is 3.11. The lowest BCUT2D eigenvalue weighted by molar-refractivity contribution is -0.142. The van der Waals surface area contributed by atoms with Crippen molar-refractivity contribution in [1.29, 1.82) is 5.39 Å². The van der Waals surface area contributed by atoms with Crippen molar-refractivity contribution in [3.05, 3.63) is 34.8 Å². The van der Waals surface area contributed by atoms with Crippen molar-refractivity contribution in [1.82, 2.24) is 0 Å². The van der Waals surface area contributed by atoms with E-state index < -0.39 is 0 Å². The molecule has 0 heterocycles. The monoisotopic (exact) mass is 221 g/mol. The van der Waals surface area contributed by atoms with Crippen LogP contribution in [0.25, 0.3) is 4.98 Å². The summed E-state index contributed by atoms with van der Waals surface area (Å²) in [6.07, 6.45) is 0.204. The van der Waals surface area contributed by atoms with Crippen molar-refractivity contribution in [3.63, 3.8) is 0 Å². The molecule has 0 fully saturated rings. The molecule has 0 aliphatic heterocycles. The van der Waals surface area contributed by atoms with Crippen LogP contribution in [0.2, 0.25) is 0 Å². The molecule has 1 aromatic rings. The smallest absolute Gasteiger partial charge is 0.338 e. The fourth-order valence-electron chi connectivity index (χ4n) is 1.16. The van der Waals surface area contributed by atoms with Gasteiger partial charge >= 0.3 is 12.5 Å². The lowest BCUT2D eigenvalue weighted by Crippen LogP contribution is -2.10. The summed E-state index contributed by atoms with van der Waals surface area (Å²) in [7, 11) is 1.58. The number of esters is 1. The SMILES string of the molecule is COc1ccc(CC(=O)OCC[N+]#N)cc1. The second kappa shape index (κ2) is 6.40. The quantitative estimate of drug-likeness (QED) is 0.430. The molecule has 0 bridgehead atoms. The van der Waals surface area contributed by atoms with Crippen molar-refractivity contribution in [2.75, 3.05) is 20.3 Å². The third-order valence-electron chi connectivity index (χ3n) is 1.96. The summed E-state index contributed by atoms with van der Waals surface area (Å²) in [5.74, 6) is 0.407. The highest BCUT2D eigenvalue weighted by Crippen LogP contribution is 2.11. The molecule has 0 aliphatic carbocycles. The number of nitrogens with zero attached hydrogens (tertiary/aromatic N) is 2. The van der Waals surface area contributed by atoms with Crippen LogP contribution >= 0.6 is 0 Å². The van der Waals surface area contributed by atoms with Gasteiger partial charge in [-0.15, -0.1) is 0 Å². The van der Waals surface area contributed by atoms with Gasteiger partial charge in [-0.3, -0.25) is 4.79 Å². The largest absolute Gasteiger partial charge is 0.497 e. The Labute approximate surface area is 93.6 Å². The van der Waals surface area contributed by atoms with Crippen LogP contribution in [0, 0.1) is 5.39 Å². The van der Waals surface area contributed by atoms with Crippen LogP contribution in [-0.4, -0.2) is 26.2 Å². The van der Waals surface area contributed by atoms with Gasteiger partial charge in [0.1, 0.15) is 10.7 Å². The fraction of sp³-hybridized carbons (Fsp3) is 0.364. The topological polar surface area (TPSA) is 63.7 Å². The van der Waals surface area contributed by atoms with E-state index in [1.54, 1.807) is 31.4 Å². The highest BCUT2D eigenvalue weighted by molar-refractivity contribution is 5.72. The number of carbonyl (C=O) groups is 1. The predicted octanol–water partition coefficient (Wildman–Crippen LogP) is 1.63. The molecule has 0 N–H and O–H groups in total. The van der Waals surface area contributed by atoms with E-state index in [4.69, 9.17) is 14.9 Å². The number of rotatable bonds is 5. The molecule has 1 aromatic carbocycles. The standard InChI is InChI=1S/C11H13N2O3/c1-15-10-4-2-9(3-5-10)8-11(14)16-7-6-13-12/h2-5H,6-8H2,1H3/q+1. The molecule has 0 atom stereocenters. The molecule has 0 unspecified atom stereocenters. The summed E-state index contributed by atoms with van der Waals surface area (Å²) < 4.78 is 9.82. The first-order valence-corrected chi connectivity index (χ1v) is 4.85. The zero-order valence-electron chi connectivity index (χ0n) is 9.05. The predicted molar refractivity (Wildman–Crippen MR) is 57.6 cm³/mol. The van der Waals surface area contributed by atoms with Gasteiger partial charge in [0.2, 0.25) is 5.39 Å². The lowest BCUT2D eigenvalue weighted by atomic mass is 10.1. The Morgan fingerprint density at radius 1 is 1.38 bits per heavy atom. The average molecular weight is 221 g/mol. The first-order valence-electron chi connectivity index (χ1n) is 4.85. The van der Waals surface area contributed by atoms with Crippen molar-refractivity contribution in [2.45, 2.75) is 6.42 Å². The molecule has 1 rings (SSSR count). The lowest BCUT2D eigenvalue weighted by Gasteiger charge is -2.02. The molecule has 84 valence electrons. The summed E-state index contributed by atoms with van der Waals surface area (Å²) >= 11 is 0. The van der Waals surface area contributed by atoms with E-state index in [1.807, 2.05) is 0 Å². The number of benzene rings is 1. The Hall–Kier alpha value is -2.09. The third-order valence-corrected chi connectivity index (χ3v) is 1.96. The molecule has 0 amide bonds. The maximum atomic E-state index is 11.3. The Morgan fingerprint density at radius 3 is 2.62 bits per heavy atom. The summed E-state index contributed by atoms with van der Waals surface area (Å²) in [5, 5.41) is 8.15. The first kappa shape index (κ1) is 12.0. The van der Waals surface area contributed by atoms with Crippen LogP contribution in [0.15, 0.2) is 24.3 Å². The minimum absolute atomic E-state index is 0.103. The Bertz CT molecular complexity index is 381. The Kier molecular flexibility index (Phi) is 4.80. The van der Waals surface area contributed by atoms with E-state index in [0.717, 1.165) is 11.3 Å². The van der Waals surface area contributed by atoms with Crippen LogP contribution in [0.3, 0.4) is 0 Å². The molecular formula is C11H13N2O3+. The molecule has 0 saturated heterocycles. The van der Waals surface area contributed by atoms with Gasteiger partial charge in [0.15, 0.2) is 6.61 Å². The summed E-state index contributed by atoms with van der Waals surface area (Å²) in [6.45, 7) is 0.208. The van der Waals surface area contributed by atoms with Gasteiger partial charge in [0, 0.05) is 0 Å². The van der Waals surface area contributed by atoms with Crippen LogP contribution in [0.4, 0.5) is 0 Å². The maximum absolute atomic E-state index is 11.3. The molecule has 0 aliphatic rings. The van der Waals surface area contributed by atoms with Gasteiger partial charge < -0.3 is 9.47 Å². The van der Waals surface area contributed by atoms with Crippen molar-refractivity contribution in [3.8, 4) is 5.75 Å². The average Bonchev–Trinajstić information content (AvgIpc) is 2.30. The van der Waals surface area contributed by atoms with Crippen molar-refractivity contribution < 1.29 is 14.3 Å². The number of methoxy groups -OCH3 is 1. The minimum atomic E-state index is -0.339. The van der Waals surface area contributed by atoms with E-state index in [0.29, 0.717) is 0 Å². The Balaban J connectivity index is 2.41. The van der Waals surface area contributed by atoms with Crippen molar-refractivity contribution in [2.24, 2.45) is 0 Å². The zero-order chi connectivity index (χ0) is 11.8. The first-order chi connectivity index (χ1) is 7.76. The van der Waals surface area contributed by atoms with E-state index in [2.05, 4.69) is 4.98 Å². The number of ether oxygens (including phenoxy) is 2. The number of hydrogen-bond donors (Lipinski definition) is 0. The fourth-order valence-corrected chi connectivity index (χ4v) is 1.16. The Morgan fingerprint density at radius 2 is 2.06 bits per heavy atom. The summed E-state index contributed by atoms with van der Waals surface area (Å²) in [5.41, 5.74) is 0.853. The van der Waals surface area contributed by atoms with Crippen LogP contribution in [-0.2, 0) is 16.0 Å². The summed E-state index contributed by atoms with van der Waals surface area (Å²) in [6, 6.07) is 7.17. The van der Waals surface area contributed by atoms with Crippen LogP contribution < -0.4 is 4.74 Å². The molecule has 0 aromatic heterocycles. The van der Waals surface area contributed by atoms with Gasteiger partial charge in [-0.2, -0.15) is 0 Å². The molecular weight excluding hydrogens is 208 g/mol. The van der Waals surface area contributed by atoms with Crippen molar-refractivity contribution >= 4 is 5.97 Å². The molecule has 0 radical (unpaired) electrons. The van der Waals surface area contributed by atoms with Gasteiger partial charge in [0.05, 0.1) is 13.5 Å². The molecule has 16 heavy (non-hydrogen) atoms. The maximum Gasteiger partial charge on any atom is 0.338 e. The highest BCUT2D eigenvalue weighted by atomic mass is 16.5. The van der Waals surface area contributed by atoms with Crippen LogP contribution in [0.5, 0.6) is 5.75 Å². The third kappa shape index (κ3) is 3.96.